The third-order valence-electron chi connectivity index (χ3n) is 5.86. The molecule has 3 aliphatic rings. The molecule has 4 rings (SSSR count). The lowest BCUT2D eigenvalue weighted by Gasteiger charge is -2.32. The van der Waals surface area contributed by atoms with E-state index in [1.807, 2.05) is 20.8 Å². The van der Waals surface area contributed by atoms with E-state index < -0.39 is 34.5 Å². The summed E-state index contributed by atoms with van der Waals surface area (Å²) in [5, 5.41) is 0. The predicted octanol–water partition coefficient (Wildman–Crippen LogP) is 1.68. The van der Waals surface area contributed by atoms with E-state index in [-0.39, 0.29) is 6.10 Å². The summed E-state index contributed by atoms with van der Waals surface area (Å²) in [6.45, 7) is 6.00. The highest BCUT2D eigenvalue weighted by Crippen LogP contribution is 2.58. The van der Waals surface area contributed by atoms with Crippen LogP contribution in [0.25, 0.3) is 0 Å². The van der Waals surface area contributed by atoms with Crippen molar-refractivity contribution >= 4 is 0 Å². The maximum absolute atomic E-state index is 12.3. The third kappa shape index (κ3) is 2.08. The van der Waals surface area contributed by atoms with Crippen molar-refractivity contribution in [3.63, 3.8) is 0 Å². The molecule has 3 heterocycles. The van der Waals surface area contributed by atoms with Crippen LogP contribution in [-0.2, 0) is 14.2 Å². The van der Waals surface area contributed by atoms with E-state index in [1.165, 1.54) is 16.8 Å². The van der Waals surface area contributed by atoms with Gasteiger partial charge in [-0.05, 0) is 33.1 Å². The Morgan fingerprint density at radius 3 is 2.58 bits per heavy atom. The Bertz CT molecular complexity index is 765. The zero-order valence-corrected chi connectivity index (χ0v) is 14.3. The predicted molar refractivity (Wildman–Crippen MR) is 85.7 cm³/mol. The molecule has 1 aliphatic carbocycles. The van der Waals surface area contributed by atoms with Gasteiger partial charge in [-0.25, -0.2) is 4.79 Å². The highest BCUT2D eigenvalue weighted by atomic mass is 16.8. The molecular weight excluding hydrogens is 312 g/mol. The van der Waals surface area contributed by atoms with Crippen LogP contribution in [0.4, 0.5) is 0 Å². The van der Waals surface area contributed by atoms with Crippen LogP contribution in [0, 0.1) is 0 Å². The lowest BCUT2D eigenvalue weighted by Crippen LogP contribution is -2.46. The summed E-state index contributed by atoms with van der Waals surface area (Å²) >= 11 is 0. The second kappa shape index (κ2) is 5.03. The fourth-order valence-corrected chi connectivity index (χ4v) is 4.50. The van der Waals surface area contributed by atoms with Crippen LogP contribution in [0.3, 0.4) is 0 Å². The van der Waals surface area contributed by atoms with E-state index in [0.29, 0.717) is 0 Å². The Labute approximate surface area is 139 Å². The van der Waals surface area contributed by atoms with Gasteiger partial charge in [0, 0.05) is 25.1 Å². The number of nitrogens with zero attached hydrogens (tertiary/aromatic N) is 1. The molecule has 3 fully saturated rings. The Kier molecular flexibility index (Phi) is 3.37. The number of aromatic amines is 1. The molecule has 0 amide bonds. The van der Waals surface area contributed by atoms with Gasteiger partial charge in [-0.15, -0.1) is 0 Å². The number of rotatable bonds is 2. The molecule has 1 aromatic heterocycles. The summed E-state index contributed by atoms with van der Waals surface area (Å²) in [5.74, 6) is -0.566. The van der Waals surface area contributed by atoms with Gasteiger partial charge in [-0.2, -0.15) is 0 Å². The number of fused-ring (bicyclic) bond motifs is 1. The van der Waals surface area contributed by atoms with Crippen molar-refractivity contribution in [1.29, 1.82) is 0 Å². The minimum absolute atomic E-state index is 0.267. The first-order valence-electron chi connectivity index (χ1n) is 8.69. The number of hydrogen-bond donors (Lipinski definition) is 1. The Hall–Kier alpha value is -1.44. The van der Waals surface area contributed by atoms with Crippen molar-refractivity contribution in [3.05, 3.63) is 33.1 Å². The van der Waals surface area contributed by atoms with Gasteiger partial charge in [0.15, 0.2) is 12.0 Å². The SMILES string of the molecule is CC[C@@]1(C)O[C@@H](n2ccc(=O)[nH]c2=O)[C@]2(C)OC3(CCCC3)O[C@@H]21. The molecule has 1 aromatic rings. The molecule has 132 valence electrons. The monoisotopic (exact) mass is 336 g/mol. The number of aromatic nitrogens is 2. The number of H-pyrrole nitrogens is 1. The minimum Gasteiger partial charge on any atom is -0.346 e. The lowest BCUT2D eigenvalue weighted by atomic mass is 9.87. The average Bonchev–Trinajstić information content (AvgIpc) is 3.16. The Balaban J connectivity index is 1.81. The van der Waals surface area contributed by atoms with Crippen LogP contribution >= 0.6 is 0 Å². The standard InChI is InChI=1S/C17H24N2O5/c1-4-15(2)12-16(3,24-17(22-12)8-5-6-9-17)13(23-15)19-10-7-11(20)18-14(19)21/h7,10,12-13H,4-6,8-9H2,1-3H3,(H,18,20,21)/t12-,13-,15-,16-/m1/s1. The summed E-state index contributed by atoms with van der Waals surface area (Å²) < 4.78 is 20.6. The fourth-order valence-electron chi connectivity index (χ4n) is 4.50. The maximum Gasteiger partial charge on any atom is 0.330 e. The molecule has 24 heavy (non-hydrogen) atoms. The summed E-state index contributed by atoms with van der Waals surface area (Å²) in [4.78, 5) is 26.0. The molecule has 0 aromatic carbocycles. The van der Waals surface area contributed by atoms with Crippen molar-refractivity contribution in [2.24, 2.45) is 0 Å². The summed E-state index contributed by atoms with van der Waals surface area (Å²) in [6, 6.07) is 1.33. The molecular formula is C17H24N2O5. The van der Waals surface area contributed by atoms with E-state index >= 15 is 0 Å². The number of ether oxygens (including phenoxy) is 3. The molecule has 0 unspecified atom stereocenters. The van der Waals surface area contributed by atoms with Gasteiger partial charge >= 0.3 is 5.69 Å². The smallest absolute Gasteiger partial charge is 0.330 e. The second-order valence-corrected chi connectivity index (χ2v) is 7.56. The van der Waals surface area contributed by atoms with Crippen molar-refractivity contribution < 1.29 is 14.2 Å². The first-order chi connectivity index (χ1) is 11.3. The van der Waals surface area contributed by atoms with Crippen LogP contribution in [0.5, 0.6) is 0 Å². The van der Waals surface area contributed by atoms with Gasteiger partial charge in [0.05, 0.1) is 5.60 Å². The van der Waals surface area contributed by atoms with Crippen molar-refractivity contribution in [2.75, 3.05) is 0 Å². The molecule has 2 saturated heterocycles. The van der Waals surface area contributed by atoms with Crippen LogP contribution in [0.2, 0.25) is 0 Å². The van der Waals surface area contributed by atoms with Gasteiger partial charge in [0.1, 0.15) is 11.7 Å². The van der Waals surface area contributed by atoms with E-state index in [1.54, 1.807) is 0 Å². The molecule has 7 nitrogen and oxygen atoms in total. The van der Waals surface area contributed by atoms with E-state index in [2.05, 4.69) is 4.98 Å². The summed E-state index contributed by atoms with van der Waals surface area (Å²) in [6.07, 6.45) is 5.19. The van der Waals surface area contributed by atoms with Crippen molar-refractivity contribution in [1.82, 2.24) is 9.55 Å². The molecule has 1 saturated carbocycles. The number of hydrogen-bond acceptors (Lipinski definition) is 5. The lowest BCUT2D eigenvalue weighted by molar-refractivity contribution is -0.245. The number of nitrogens with one attached hydrogen (secondary N) is 1. The van der Waals surface area contributed by atoms with E-state index in [9.17, 15) is 9.59 Å². The van der Waals surface area contributed by atoms with Crippen molar-refractivity contribution in [3.8, 4) is 0 Å². The molecule has 1 N–H and O–H groups in total. The summed E-state index contributed by atoms with van der Waals surface area (Å²) in [7, 11) is 0. The summed E-state index contributed by atoms with van der Waals surface area (Å²) in [5.41, 5.74) is -2.26. The minimum atomic E-state index is -0.781. The van der Waals surface area contributed by atoms with Gasteiger partial charge in [0.2, 0.25) is 0 Å². The van der Waals surface area contributed by atoms with E-state index in [0.717, 1.165) is 32.1 Å². The Morgan fingerprint density at radius 2 is 1.96 bits per heavy atom. The first-order valence-corrected chi connectivity index (χ1v) is 8.69. The molecule has 1 spiro atoms. The highest BCUT2D eigenvalue weighted by Gasteiger charge is 2.70. The first kappa shape index (κ1) is 16.1. The van der Waals surface area contributed by atoms with Crippen LogP contribution in [0.1, 0.15) is 59.1 Å². The van der Waals surface area contributed by atoms with Crippen molar-refractivity contribution in [2.45, 2.75) is 82.2 Å². The third-order valence-corrected chi connectivity index (χ3v) is 5.86. The van der Waals surface area contributed by atoms with Gasteiger partial charge < -0.3 is 14.2 Å². The Morgan fingerprint density at radius 1 is 1.25 bits per heavy atom. The molecule has 7 heteroatoms. The van der Waals surface area contributed by atoms with Crippen LogP contribution in [0.15, 0.2) is 21.9 Å². The zero-order valence-electron chi connectivity index (χ0n) is 14.3. The largest absolute Gasteiger partial charge is 0.346 e. The van der Waals surface area contributed by atoms with Crippen LogP contribution in [-0.4, -0.2) is 32.6 Å². The topological polar surface area (TPSA) is 82.6 Å². The van der Waals surface area contributed by atoms with Gasteiger partial charge in [-0.3, -0.25) is 14.3 Å². The fraction of sp³-hybridized carbons (Fsp3) is 0.765. The molecule has 4 atom stereocenters. The molecule has 0 bridgehead atoms. The average molecular weight is 336 g/mol. The molecule has 0 radical (unpaired) electrons. The van der Waals surface area contributed by atoms with Gasteiger partial charge in [-0.1, -0.05) is 6.92 Å². The van der Waals surface area contributed by atoms with Crippen LogP contribution < -0.4 is 11.2 Å². The highest BCUT2D eigenvalue weighted by molar-refractivity contribution is 5.13. The maximum atomic E-state index is 12.3. The molecule has 2 aliphatic heterocycles. The normalized spacial score (nSPS) is 40.3. The second-order valence-electron chi connectivity index (χ2n) is 7.56. The van der Waals surface area contributed by atoms with Gasteiger partial charge in [0.25, 0.3) is 5.56 Å². The quantitative estimate of drug-likeness (QED) is 0.888. The van der Waals surface area contributed by atoms with E-state index in [4.69, 9.17) is 14.2 Å². The zero-order chi connectivity index (χ0) is 17.2.